The standard InChI is InChI=1S/C16H15N3O5/c1-10(20)17-11-3-5-12(6-4-11)18-16(21)14-9-13(24-2)7-8-15(14)19(22)23/h3-9H,1-2H3,(H,17,20)(H,18,21). The van der Waals surface area contributed by atoms with Crippen LogP contribution in [0.15, 0.2) is 42.5 Å². The molecule has 0 aliphatic rings. The van der Waals surface area contributed by atoms with E-state index < -0.39 is 10.8 Å². The van der Waals surface area contributed by atoms with Crippen molar-refractivity contribution in [1.82, 2.24) is 0 Å². The Balaban J connectivity index is 2.23. The van der Waals surface area contributed by atoms with Crippen LogP contribution in [0.1, 0.15) is 17.3 Å². The van der Waals surface area contributed by atoms with E-state index in [2.05, 4.69) is 10.6 Å². The third-order valence-electron chi connectivity index (χ3n) is 3.11. The molecule has 0 unspecified atom stereocenters. The smallest absolute Gasteiger partial charge is 0.282 e. The maximum Gasteiger partial charge on any atom is 0.282 e. The van der Waals surface area contributed by atoms with Crippen LogP contribution in [0.2, 0.25) is 0 Å². The van der Waals surface area contributed by atoms with Gasteiger partial charge in [-0.05, 0) is 36.4 Å². The summed E-state index contributed by atoms with van der Waals surface area (Å²) in [5.41, 5.74) is 0.590. The van der Waals surface area contributed by atoms with E-state index in [4.69, 9.17) is 4.74 Å². The molecule has 0 spiro atoms. The van der Waals surface area contributed by atoms with Crippen molar-refractivity contribution >= 4 is 28.9 Å². The van der Waals surface area contributed by atoms with Gasteiger partial charge in [0.25, 0.3) is 11.6 Å². The summed E-state index contributed by atoms with van der Waals surface area (Å²) in [6, 6.07) is 10.3. The Morgan fingerprint density at radius 2 is 1.62 bits per heavy atom. The number of methoxy groups -OCH3 is 1. The van der Waals surface area contributed by atoms with Crippen LogP contribution in [-0.4, -0.2) is 23.8 Å². The molecule has 2 aromatic rings. The van der Waals surface area contributed by atoms with E-state index in [1.165, 1.54) is 32.2 Å². The van der Waals surface area contributed by atoms with Gasteiger partial charge in [-0.25, -0.2) is 0 Å². The number of nitrogens with one attached hydrogen (secondary N) is 2. The molecular weight excluding hydrogens is 314 g/mol. The van der Waals surface area contributed by atoms with Crippen molar-refractivity contribution in [3.8, 4) is 5.75 Å². The number of amides is 2. The fourth-order valence-electron chi connectivity index (χ4n) is 2.02. The monoisotopic (exact) mass is 329 g/mol. The molecule has 124 valence electrons. The molecule has 0 radical (unpaired) electrons. The molecule has 0 aromatic heterocycles. The summed E-state index contributed by atoms with van der Waals surface area (Å²) in [7, 11) is 1.41. The zero-order chi connectivity index (χ0) is 17.7. The molecule has 24 heavy (non-hydrogen) atoms. The van der Waals surface area contributed by atoms with Crippen molar-refractivity contribution in [3.05, 3.63) is 58.1 Å². The summed E-state index contributed by atoms with van der Waals surface area (Å²) in [6.07, 6.45) is 0. The highest BCUT2D eigenvalue weighted by Crippen LogP contribution is 2.25. The highest BCUT2D eigenvalue weighted by Gasteiger charge is 2.21. The van der Waals surface area contributed by atoms with Crippen LogP contribution < -0.4 is 15.4 Å². The van der Waals surface area contributed by atoms with E-state index in [1.54, 1.807) is 24.3 Å². The Morgan fingerprint density at radius 1 is 1.04 bits per heavy atom. The molecule has 2 rings (SSSR count). The molecule has 2 aromatic carbocycles. The lowest BCUT2D eigenvalue weighted by atomic mass is 10.1. The van der Waals surface area contributed by atoms with Crippen LogP contribution in [-0.2, 0) is 4.79 Å². The number of hydrogen-bond donors (Lipinski definition) is 2. The summed E-state index contributed by atoms with van der Waals surface area (Å²) < 4.78 is 5.00. The number of benzene rings is 2. The minimum absolute atomic E-state index is 0.106. The Hall–Kier alpha value is -3.42. The van der Waals surface area contributed by atoms with Crippen LogP contribution in [0.25, 0.3) is 0 Å². The minimum atomic E-state index is -0.632. The average Bonchev–Trinajstić information content (AvgIpc) is 2.55. The van der Waals surface area contributed by atoms with Crippen LogP contribution in [0.5, 0.6) is 5.75 Å². The van der Waals surface area contributed by atoms with Gasteiger partial charge in [-0.3, -0.25) is 19.7 Å². The van der Waals surface area contributed by atoms with Gasteiger partial charge in [-0.1, -0.05) is 0 Å². The molecule has 0 aliphatic heterocycles. The van der Waals surface area contributed by atoms with E-state index in [0.29, 0.717) is 17.1 Å². The first-order chi connectivity index (χ1) is 11.4. The number of nitro benzene ring substituents is 1. The lowest BCUT2D eigenvalue weighted by Crippen LogP contribution is -2.14. The topological polar surface area (TPSA) is 111 Å². The third-order valence-corrected chi connectivity index (χ3v) is 3.11. The Kier molecular flexibility index (Phi) is 5.10. The molecule has 0 saturated carbocycles. The summed E-state index contributed by atoms with van der Waals surface area (Å²) >= 11 is 0. The predicted molar refractivity (Wildman–Crippen MR) is 88.3 cm³/mol. The molecule has 0 saturated heterocycles. The molecule has 0 atom stereocenters. The van der Waals surface area contributed by atoms with Crippen molar-refractivity contribution in [2.24, 2.45) is 0 Å². The second-order valence-electron chi connectivity index (χ2n) is 4.85. The van der Waals surface area contributed by atoms with Crippen LogP contribution in [0.3, 0.4) is 0 Å². The Morgan fingerprint density at radius 3 is 2.12 bits per heavy atom. The maximum atomic E-state index is 12.3. The first kappa shape index (κ1) is 16.9. The number of nitro groups is 1. The molecule has 0 aliphatic carbocycles. The van der Waals surface area contributed by atoms with Gasteiger partial charge in [0.05, 0.1) is 12.0 Å². The van der Waals surface area contributed by atoms with Gasteiger partial charge in [0.1, 0.15) is 11.3 Å². The second-order valence-corrected chi connectivity index (χ2v) is 4.85. The van der Waals surface area contributed by atoms with Gasteiger partial charge in [0, 0.05) is 24.4 Å². The predicted octanol–water partition coefficient (Wildman–Crippen LogP) is 2.81. The largest absolute Gasteiger partial charge is 0.497 e. The van der Waals surface area contributed by atoms with Gasteiger partial charge in [-0.15, -0.1) is 0 Å². The van der Waals surface area contributed by atoms with Crippen LogP contribution in [0, 0.1) is 10.1 Å². The number of ether oxygens (including phenoxy) is 1. The van der Waals surface area contributed by atoms with Crippen molar-refractivity contribution in [3.63, 3.8) is 0 Å². The highest BCUT2D eigenvalue weighted by molar-refractivity contribution is 6.07. The first-order valence-electron chi connectivity index (χ1n) is 6.92. The zero-order valence-corrected chi connectivity index (χ0v) is 13.0. The molecule has 2 N–H and O–H groups in total. The van der Waals surface area contributed by atoms with E-state index in [1.807, 2.05) is 0 Å². The normalized spacial score (nSPS) is 9.92. The fourth-order valence-corrected chi connectivity index (χ4v) is 2.02. The van der Waals surface area contributed by atoms with Crippen LogP contribution in [0.4, 0.5) is 17.1 Å². The number of anilines is 2. The summed E-state index contributed by atoms with van der Waals surface area (Å²) in [5, 5.41) is 16.2. The maximum absolute atomic E-state index is 12.3. The molecule has 0 bridgehead atoms. The molecule has 0 heterocycles. The lowest BCUT2D eigenvalue weighted by Gasteiger charge is -2.08. The average molecular weight is 329 g/mol. The zero-order valence-electron chi connectivity index (χ0n) is 13.0. The van der Waals surface area contributed by atoms with Crippen molar-refractivity contribution in [2.45, 2.75) is 6.92 Å². The molecule has 2 amide bonds. The van der Waals surface area contributed by atoms with Crippen molar-refractivity contribution in [1.29, 1.82) is 0 Å². The number of nitrogens with zero attached hydrogens (tertiary/aromatic N) is 1. The number of carbonyl (C=O) groups is 2. The first-order valence-corrected chi connectivity index (χ1v) is 6.92. The van der Waals surface area contributed by atoms with Crippen LogP contribution >= 0.6 is 0 Å². The summed E-state index contributed by atoms with van der Waals surface area (Å²) in [5.74, 6) is -0.501. The molecule has 8 nitrogen and oxygen atoms in total. The lowest BCUT2D eigenvalue weighted by molar-refractivity contribution is -0.385. The number of hydrogen-bond acceptors (Lipinski definition) is 5. The number of carbonyl (C=O) groups excluding carboxylic acids is 2. The molecule has 0 fully saturated rings. The van der Waals surface area contributed by atoms with Gasteiger partial charge in [0.15, 0.2) is 0 Å². The van der Waals surface area contributed by atoms with E-state index >= 15 is 0 Å². The second kappa shape index (κ2) is 7.23. The van der Waals surface area contributed by atoms with E-state index in [0.717, 1.165) is 0 Å². The van der Waals surface area contributed by atoms with Crippen molar-refractivity contribution < 1.29 is 19.2 Å². The van der Waals surface area contributed by atoms with E-state index in [-0.39, 0.29) is 17.2 Å². The van der Waals surface area contributed by atoms with Gasteiger partial charge >= 0.3 is 0 Å². The molecule has 8 heteroatoms. The van der Waals surface area contributed by atoms with Crippen molar-refractivity contribution in [2.75, 3.05) is 17.7 Å². The molecular formula is C16H15N3O5. The Bertz CT molecular complexity index is 787. The van der Waals surface area contributed by atoms with E-state index in [9.17, 15) is 19.7 Å². The quantitative estimate of drug-likeness (QED) is 0.647. The summed E-state index contributed by atoms with van der Waals surface area (Å²) in [4.78, 5) is 33.7. The fraction of sp³-hybridized carbons (Fsp3) is 0.125. The number of rotatable bonds is 5. The summed E-state index contributed by atoms with van der Waals surface area (Å²) in [6.45, 7) is 1.39. The van der Waals surface area contributed by atoms with Gasteiger partial charge < -0.3 is 15.4 Å². The van der Waals surface area contributed by atoms with Gasteiger partial charge in [-0.2, -0.15) is 0 Å². The van der Waals surface area contributed by atoms with Gasteiger partial charge in [0.2, 0.25) is 5.91 Å². The Labute approximate surface area is 137 Å². The highest BCUT2D eigenvalue weighted by atomic mass is 16.6. The third kappa shape index (κ3) is 4.07. The SMILES string of the molecule is COc1ccc([N+](=O)[O-])c(C(=O)Nc2ccc(NC(C)=O)cc2)c1. The minimum Gasteiger partial charge on any atom is -0.497 e.